The number of allylic oxidation sites excluding steroid dienone is 1. The van der Waals surface area contributed by atoms with E-state index in [0.717, 1.165) is 6.07 Å². The van der Waals surface area contributed by atoms with Gasteiger partial charge in [0.15, 0.2) is 0 Å². The van der Waals surface area contributed by atoms with Gasteiger partial charge in [-0.15, -0.1) is 0 Å². The summed E-state index contributed by atoms with van der Waals surface area (Å²) >= 11 is 6.51. The van der Waals surface area contributed by atoms with Gasteiger partial charge in [0.25, 0.3) is 0 Å². The minimum atomic E-state index is -5.10. The first-order valence-electron chi connectivity index (χ1n) is 15.5. The maximum absolute atomic E-state index is 14.5. The SMILES string of the molecule is COc1cc(C(F)(F)F)c(-c2cccc(C)c2Cl)cc1C1=C(CN2C(=O)O[C@H](c3cc(C(F)(F)F)cc(C(F)(F)F)c3)[C@@H]2C)CC(C)(C)CC1. The number of halogens is 10. The lowest BCUT2D eigenvalue weighted by Gasteiger charge is -2.36. The van der Waals surface area contributed by atoms with Gasteiger partial charge in [0, 0.05) is 17.7 Å². The Morgan fingerprint density at radius 1 is 0.900 bits per heavy atom. The van der Waals surface area contributed by atoms with Gasteiger partial charge in [0.2, 0.25) is 0 Å². The number of hydrogen-bond acceptors (Lipinski definition) is 3. The number of ether oxygens (including phenoxy) is 2. The summed E-state index contributed by atoms with van der Waals surface area (Å²) in [6, 6.07) is 7.07. The number of amides is 1. The molecule has 0 unspecified atom stereocenters. The molecule has 270 valence electrons. The summed E-state index contributed by atoms with van der Waals surface area (Å²) in [7, 11) is 1.24. The van der Waals surface area contributed by atoms with E-state index in [4.69, 9.17) is 21.1 Å². The van der Waals surface area contributed by atoms with Crippen molar-refractivity contribution < 1.29 is 53.8 Å². The molecule has 1 aliphatic carbocycles. The molecule has 0 N–H and O–H groups in total. The molecular weight excluding hydrogens is 701 g/mol. The third kappa shape index (κ3) is 7.43. The number of benzene rings is 3. The van der Waals surface area contributed by atoms with Gasteiger partial charge in [-0.25, -0.2) is 4.79 Å². The van der Waals surface area contributed by atoms with Crippen LogP contribution in [0.4, 0.5) is 44.3 Å². The fourth-order valence-electron chi connectivity index (χ4n) is 6.70. The Bertz CT molecular complexity index is 1810. The molecule has 1 fully saturated rings. The van der Waals surface area contributed by atoms with Crippen LogP contribution in [0.1, 0.15) is 79.5 Å². The summed E-state index contributed by atoms with van der Waals surface area (Å²) in [5.41, 5.74) is -2.75. The molecule has 50 heavy (non-hydrogen) atoms. The minimum Gasteiger partial charge on any atom is -0.496 e. The molecule has 0 bridgehead atoms. The zero-order chi connectivity index (χ0) is 37.1. The van der Waals surface area contributed by atoms with E-state index in [-0.39, 0.29) is 39.9 Å². The lowest BCUT2D eigenvalue weighted by atomic mass is 9.72. The van der Waals surface area contributed by atoms with E-state index in [1.54, 1.807) is 19.1 Å². The molecule has 0 saturated carbocycles. The standard InChI is InChI=1S/C36H33ClF9NO3/c1-18-7-6-8-25(30(18)37)26-14-27(29(49-5)15-28(26)36(44,45)46)24-9-10-33(3,4)16-21(24)17-47-19(2)31(50-32(47)48)20-11-22(34(38,39)40)13-23(12-20)35(41,42)43/h6-8,11-15,19,31H,9-10,16-17H2,1-5H3/t19-,31-/m0/s1. The van der Waals surface area contributed by atoms with E-state index in [1.807, 2.05) is 13.8 Å². The first kappa shape index (κ1) is 37.4. The molecule has 1 heterocycles. The van der Waals surface area contributed by atoms with Gasteiger partial charge in [0.05, 0.1) is 34.9 Å². The van der Waals surface area contributed by atoms with Crippen LogP contribution in [0.5, 0.6) is 5.75 Å². The van der Waals surface area contributed by atoms with Crippen molar-refractivity contribution in [1.29, 1.82) is 0 Å². The maximum atomic E-state index is 14.5. The zero-order valence-corrected chi connectivity index (χ0v) is 28.3. The molecule has 0 aromatic heterocycles. The second-order valence-electron chi connectivity index (χ2n) is 13.5. The Kier molecular flexibility index (Phi) is 9.74. The highest BCUT2D eigenvalue weighted by atomic mass is 35.5. The lowest BCUT2D eigenvalue weighted by molar-refractivity contribution is -0.143. The topological polar surface area (TPSA) is 38.8 Å². The van der Waals surface area contributed by atoms with Crippen molar-refractivity contribution >= 4 is 23.3 Å². The lowest BCUT2D eigenvalue weighted by Crippen LogP contribution is -2.35. The van der Waals surface area contributed by atoms with Gasteiger partial charge < -0.3 is 9.47 Å². The molecule has 2 aliphatic rings. The quantitative estimate of drug-likeness (QED) is 0.237. The Morgan fingerprint density at radius 3 is 2.08 bits per heavy atom. The molecule has 14 heteroatoms. The number of nitrogens with zero attached hydrogens (tertiary/aromatic N) is 1. The minimum absolute atomic E-state index is 0.000448. The van der Waals surface area contributed by atoms with E-state index >= 15 is 0 Å². The highest BCUT2D eigenvalue weighted by Crippen LogP contribution is 2.50. The van der Waals surface area contributed by atoms with Crippen LogP contribution in [0.3, 0.4) is 0 Å². The first-order chi connectivity index (χ1) is 23.0. The second kappa shape index (κ2) is 13.0. The second-order valence-corrected chi connectivity index (χ2v) is 13.8. The summed E-state index contributed by atoms with van der Waals surface area (Å²) in [6.45, 7) is 6.92. The largest absolute Gasteiger partial charge is 0.496 e. The number of hydrogen-bond donors (Lipinski definition) is 0. The Morgan fingerprint density at radius 2 is 1.52 bits per heavy atom. The predicted octanol–water partition coefficient (Wildman–Crippen LogP) is 11.9. The van der Waals surface area contributed by atoms with E-state index in [0.29, 0.717) is 53.7 Å². The van der Waals surface area contributed by atoms with E-state index in [2.05, 4.69) is 0 Å². The Balaban J connectivity index is 1.63. The van der Waals surface area contributed by atoms with Gasteiger partial charge in [-0.3, -0.25) is 4.90 Å². The molecule has 1 amide bonds. The smallest absolute Gasteiger partial charge is 0.417 e. The van der Waals surface area contributed by atoms with Gasteiger partial charge >= 0.3 is 24.6 Å². The average Bonchev–Trinajstić information content (AvgIpc) is 3.28. The van der Waals surface area contributed by atoms with Crippen molar-refractivity contribution in [3.05, 3.63) is 92.5 Å². The highest BCUT2D eigenvalue weighted by molar-refractivity contribution is 6.34. The summed E-state index contributed by atoms with van der Waals surface area (Å²) in [6.07, 6.45) is -16.1. The summed E-state index contributed by atoms with van der Waals surface area (Å²) in [5.74, 6) is -0.0735. The van der Waals surface area contributed by atoms with Gasteiger partial charge in [-0.05, 0) is 96.7 Å². The summed E-state index contributed by atoms with van der Waals surface area (Å²) in [5, 5.41) is 0.135. The molecule has 1 saturated heterocycles. The third-order valence-corrected chi connectivity index (χ3v) is 9.82. The van der Waals surface area contributed by atoms with Crippen LogP contribution < -0.4 is 4.74 Å². The average molecular weight is 734 g/mol. The van der Waals surface area contributed by atoms with Crippen molar-refractivity contribution in [3.63, 3.8) is 0 Å². The van der Waals surface area contributed by atoms with Crippen LogP contribution in [0.2, 0.25) is 5.02 Å². The summed E-state index contributed by atoms with van der Waals surface area (Å²) < 4.78 is 136. The number of alkyl halides is 9. The van der Waals surface area contributed by atoms with Crippen molar-refractivity contribution in [2.24, 2.45) is 5.41 Å². The fourth-order valence-corrected chi connectivity index (χ4v) is 6.92. The first-order valence-corrected chi connectivity index (χ1v) is 15.9. The van der Waals surface area contributed by atoms with Crippen molar-refractivity contribution in [2.45, 2.75) is 77.6 Å². The van der Waals surface area contributed by atoms with E-state index in [9.17, 15) is 44.3 Å². The van der Waals surface area contributed by atoms with Gasteiger partial charge in [-0.2, -0.15) is 39.5 Å². The molecule has 5 rings (SSSR count). The molecule has 3 aromatic carbocycles. The molecular formula is C36H33ClF9NO3. The zero-order valence-electron chi connectivity index (χ0n) is 27.6. The van der Waals surface area contributed by atoms with Crippen LogP contribution in [-0.2, 0) is 23.3 Å². The molecule has 2 atom stereocenters. The number of carbonyl (C=O) groups is 1. The molecule has 0 radical (unpaired) electrons. The van der Waals surface area contributed by atoms with Crippen molar-refractivity contribution in [1.82, 2.24) is 4.90 Å². The highest BCUT2D eigenvalue weighted by Gasteiger charge is 2.44. The van der Waals surface area contributed by atoms with Crippen LogP contribution in [0.25, 0.3) is 16.7 Å². The van der Waals surface area contributed by atoms with Crippen LogP contribution in [0, 0.1) is 12.3 Å². The van der Waals surface area contributed by atoms with Crippen LogP contribution in [0.15, 0.2) is 54.1 Å². The number of aryl methyl sites for hydroxylation is 1. The maximum Gasteiger partial charge on any atom is 0.417 e. The molecule has 3 aromatic rings. The van der Waals surface area contributed by atoms with Crippen LogP contribution in [-0.4, -0.2) is 30.7 Å². The normalized spacial score (nSPS) is 20.0. The Hall–Kier alpha value is -3.87. The number of cyclic esters (lactones) is 1. The summed E-state index contributed by atoms with van der Waals surface area (Å²) in [4.78, 5) is 14.5. The number of methoxy groups -OCH3 is 1. The van der Waals surface area contributed by atoms with Crippen molar-refractivity contribution in [3.8, 4) is 16.9 Å². The molecule has 1 aliphatic heterocycles. The molecule has 4 nitrogen and oxygen atoms in total. The molecule has 0 spiro atoms. The van der Waals surface area contributed by atoms with E-state index in [1.165, 1.54) is 31.1 Å². The van der Waals surface area contributed by atoms with Gasteiger partial charge in [-0.1, -0.05) is 43.6 Å². The Labute approximate surface area is 287 Å². The van der Waals surface area contributed by atoms with Crippen molar-refractivity contribution in [2.75, 3.05) is 13.7 Å². The number of carbonyl (C=O) groups excluding carboxylic acids is 1. The van der Waals surface area contributed by atoms with Gasteiger partial charge in [0.1, 0.15) is 11.9 Å². The fraction of sp³-hybridized carbons (Fsp3) is 0.417. The number of rotatable bonds is 6. The monoisotopic (exact) mass is 733 g/mol. The third-order valence-electron chi connectivity index (χ3n) is 9.31. The van der Waals surface area contributed by atoms with Crippen LogP contribution >= 0.6 is 11.6 Å². The van der Waals surface area contributed by atoms with E-state index < -0.39 is 59.0 Å². The predicted molar refractivity (Wildman–Crippen MR) is 170 cm³/mol.